The van der Waals surface area contributed by atoms with Crippen molar-refractivity contribution in [2.45, 2.75) is 0 Å². The van der Waals surface area contributed by atoms with E-state index in [2.05, 4.69) is 101 Å². The topological polar surface area (TPSA) is 13.1 Å². The first-order valence-corrected chi connectivity index (χ1v) is 9.35. The van der Waals surface area contributed by atoms with Crippen LogP contribution in [0.15, 0.2) is 99.9 Å². The summed E-state index contributed by atoms with van der Waals surface area (Å²) in [6, 6.07) is 31.6. The number of benzene rings is 4. The van der Waals surface area contributed by atoms with Crippen molar-refractivity contribution in [2.24, 2.45) is 0 Å². The van der Waals surface area contributed by atoms with Gasteiger partial charge in [-0.15, -0.1) is 0 Å². The van der Waals surface area contributed by atoms with Gasteiger partial charge in [0.2, 0.25) is 0 Å². The Balaban J connectivity index is 1.65. The maximum atomic E-state index is 6.19. The van der Waals surface area contributed by atoms with Gasteiger partial charge in [0.1, 0.15) is 11.2 Å². The first kappa shape index (κ1) is 15.4. The second-order valence-corrected chi connectivity index (χ2v) is 7.31. The summed E-state index contributed by atoms with van der Waals surface area (Å²) in [5, 5.41) is 2.31. The van der Waals surface area contributed by atoms with E-state index < -0.39 is 0 Å². The Morgan fingerprint density at radius 3 is 1.58 bits per heavy atom. The molecule has 0 N–H and O–H groups in total. The molecule has 1 aromatic heterocycles. The second kappa shape index (κ2) is 6.15. The highest BCUT2D eigenvalue weighted by molar-refractivity contribution is 9.10. The van der Waals surface area contributed by atoms with E-state index >= 15 is 0 Å². The van der Waals surface area contributed by atoms with Crippen LogP contribution in [0.3, 0.4) is 0 Å². The highest BCUT2D eigenvalue weighted by Crippen LogP contribution is 2.34. The van der Waals surface area contributed by atoms with E-state index in [0.717, 1.165) is 32.0 Å². The largest absolute Gasteiger partial charge is 0.456 e. The van der Waals surface area contributed by atoms with Crippen LogP contribution in [0.2, 0.25) is 0 Å². The highest BCUT2D eigenvalue weighted by atomic mass is 79.9. The fraction of sp³-hybridized carbons (Fsp3) is 0. The van der Waals surface area contributed by atoms with Gasteiger partial charge in [0.05, 0.1) is 0 Å². The van der Waals surface area contributed by atoms with Crippen LogP contribution in [0.1, 0.15) is 0 Å². The molecule has 5 aromatic rings. The maximum Gasteiger partial charge on any atom is 0.136 e. The number of furan rings is 1. The van der Waals surface area contributed by atoms with E-state index in [1.165, 1.54) is 16.7 Å². The molecule has 4 aromatic carbocycles. The lowest BCUT2D eigenvalue weighted by Crippen LogP contribution is -1.77. The monoisotopic (exact) mass is 398 g/mol. The van der Waals surface area contributed by atoms with E-state index in [4.69, 9.17) is 4.42 Å². The number of hydrogen-bond donors (Lipinski definition) is 0. The smallest absolute Gasteiger partial charge is 0.136 e. The zero-order chi connectivity index (χ0) is 17.5. The summed E-state index contributed by atoms with van der Waals surface area (Å²) in [6.07, 6.45) is 0. The van der Waals surface area contributed by atoms with Gasteiger partial charge in [0.25, 0.3) is 0 Å². The molecule has 0 spiro atoms. The van der Waals surface area contributed by atoms with Crippen LogP contribution < -0.4 is 0 Å². The molecule has 0 aliphatic heterocycles. The Labute approximate surface area is 160 Å². The van der Waals surface area contributed by atoms with E-state index in [1.807, 2.05) is 6.07 Å². The maximum absolute atomic E-state index is 6.19. The number of halogens is 1. The van der Waals surface area contributed by atoms with Gasteiger partial charge >= 0.3 is 0 Å². The van der Waals surface area contributed by atoms with Crippen molar-refractivity contribution in [3.8, 4) is 22.3 Å². The highest BCUT2D eigenvalue weighted by Gasteiger charge is 2.10. The summed E-state index contributed by atoms with van der Waals surface area (Å²) in [6.45, 7) is 0. The molecule has 2 heteroatoms. The third-order valence-electron chi connectivity index (χ3n) is 4.76. The van der Waals surface area contributed by atoms with Crippen molar-refractivity contribution in [2.75, 3.05) is 0 Å². The minimum Gasteiger partial charge on any atom is -0.456 e. The standard InChI is InChI=1S/C24H15BrO/c25-20-10-6-17(7-11-20)19-9-13-22-21-12-8-18(16-4-2-1-3-5-16)14-23(21)26-24(22)15-19/h1-15H. The van der Waals surface area contributed by atoms with Crippen molar-refractivity contribution >= 4 is 37.9 Å². The zero-order valence-electron chi connectivity index (χ0n) is 13.9. The number of rotatable bonds is 2. The molecular formula is C24H15BrO. The molecule has 1 heterocycles. The molecule has 0 aliphatic rings. The molecule has 0 saturated heterocycles. The summed E-state index contributed by atoms with van der Waals surface area (Å²) in [5.74, 6) is 0. The van der Waals surface area contributed by atoms with Crippen LogP contribution in [0, 0.1) is 0 Å². The average molecular weight is 399 g/mol. The minimum absolute atomic E-state index is 0.922. The Kier molecular flexibility index (Phi) is 3.65. The predicted molar refractivity (Wildman–Crippen MR) is 112 cm³/mol. The molecule has 0 bridgehead atoms. The summed E-state index contributed by atoms with van der Waals surface area (Å²) in [7, 11) is 0. The molecule has 0 aliphatic carbocycles. The second-order valence-electron chi connectivity index (χ2n) is 6.40. The van der Waals surface area contributed by atoms with Gasteiger partial charge in [-0.2, -0.15) is 0 Å². The van der Waals surface area contributed by atoms with Gasteiger partial charge < -0.3 is 4.42 Å². The molecule has 0 atom stereocenters. The Morgan fingerprint density at radius 1 is 0.500 bits per heavy atom. The van der Waals surface area contributed by atoms with Gasteiger partial charge in [-0.1, -0.05) is 70.5 Å². The Bertz CT molecular complexity index is 1220. The number of fused-ring (bicyclic) bond motifs is 3. The quantitative estimate of drug-likeness (QED) is 0.297. The predicted octanol–water partition coefficient (Wildman–Crippen LogP) is 7.68. The van der Waals surface area contributed by atoms with Gasteiger partial charge in [-0.3, -0.25) is 0 Å². The fourth-order valence-electron chi connectivity index (χ4n) is 3.41. The van der Waals surface area contributed by atoms with Crippen LogP contribution in [0.4, 0.5) is 0 Å². The third kappa shape index (κ3) is 2.63. The van der Waals surface area contributed by atoms with Crippen molar-refractivity contribution in [1.82, 2.24) is 0 Å². The molecule has 0 unspecified atom stereocenters. The number of hydrogen-bond acceptors (Lipinski definition) is 1. The normalized spacial score (nSPS) is 11.3. The molecule has 0 amide bonds. The summed E-state index contributed by atoms with van der Waals surface area (Å²) < 4.78 is 7.27. The van der Waals surface area contributed by atoms with E-state index in [-0.39, 0.29) is 0 Å². The lowest BCUT2D eigenvalue weighted by Gasteiger charge is -2.01. The Morgan fingerprint density at radius 2 is 1.00 bits per heavy atom. The van der Waals surface area contributed by atoms with Gasteiger partial charge in [-0.05, 0) is 58.7 Å². The summed E-state index contributed by atoms with van der Waals surface area (Å²) >= 11 is 3.49. The Hall–Kier alpha value is -2.84. The molecule has 26 heavy (non-hydrogen) atoms. The fourth-order valence-corrected chi connectivity index (χ4v) is 3.67. The van der Waals surface area contributed by atoms with E-state index in [0.29, 0.717) is 0 Å². The van der Waals surface area contributed by atoms with Crippen LogP contribution in [-0.2, 0) is 0 Å². The van der Waals surface area contributed by atoms with Crippen LogP contribution in [0.5, 0.6) is 0 Å². The molecule has 124 valence electrons. The molecular weight excluding hydrogens is 384 g/mol. The van der Waals surface area contributed by atoms with Crippen LogP contribution in [-0.4, -0.2) is 0 Å². The third-order valence-corrected chi connectivity index (χ3v) is 5.29. The average Bonchev–Trinajstić information content (AvgIpc) is 3.06. The molecule has 0 saturated carbocycles. The first-order chi connectivity index (χ1) is 12.8. The van der Waals surface area contributed by atoms with Crippen LogP contribution >= 0.6 is 15.9 Å². The summed E-state index contributed by atoms with van der Waals surface area (Å²) in [5.41, 5.74) is 6.56. The van der Waals surface area contributed by atoms with Crippen molar-refractivity contribution in [3.05, 3.63) is 95.5 Å². The zero-order valence-corrected chi connectivity index (χ0v) is 15.5. The van der Waals surface area contributed by atoms with E-state index in [1.54, 1.807) is 0 Å². The van der Waals surface area contributed by atoms with Gasteiger partial charge in [0.15, 0.2) is 0 Å². The van der Waals surface area contributed by atoms with Crippen molar-refractivity contribution < 1.29 is 4.42 Å². The lowest BCUT2D eigenvalue weighted by atomic mass is 10.0. The van der Waals surface area contributed by atoms with Crippen molar-refractivity contribution in [3.63, 3.8) is 0 Å². The summed E-state index contributed by atoms with van der Waals surface area (Å²) in [4.78, 5) is 0. The minimum atomic E-state index is 0.922. The molecule has 1 nitrogen and oxygen atoms in total. The SMILES string of the molecule is Brc1ccc(-c2ccc3c(c2)oc2cc(-c4ccccc4)ccc23)cc1. The van der Waals surface area contributed by atoms with Gasteiger partial charge in [0, 0.05) is 15.2 Å². The first-order valence-electron chi connectivity index (χ1n) is 8.56. The van der Waals surface area contributed by atoms with Gasteiger partial charge in [-0.25, -0.2) is 0 Å². The van der Waals surface area contributed by atoms with E-state index in [9.17, 15) is 0 Å². The lowest BCUT2D eigenvalue weighted by molar-refractivity contribution is 0.669. The molecule has 5 rings (SSSR count). The molecule has 0 fully saturated rings. The van der Waals surface area contributed by atoms with Crippen LogP contribution in [0.25, 0.3) is 44.2 Å². The van der Waals surface area contributed by atoms with Crippen molar-refractivity contribution in [1.29, 1.82) is 0 Å². The molecule has 0 radical (unpaired) electrons.